The second kappa shape index (κ2) is 6.11. The Labute approximate surface area is 96.9 Å². The third kappa shape index (κ3) is 3.23. The molecule has 0 spiro atoms. The van der Waals surface area contributed by atoms with Gasteiger partial charge in [-0.25, -0.2) is 4.79 Å². The van der Waals surface area contributed by atoms with Crippen LogP contribution in [0.1, 0.15) is 30.0 Å². The number of ether oxygens (including phenoxy) is 1. The molecule has 0 heterocycles. The minimum Gasteiger partial charge on any atom is -0.466 e. The van der Waals surface area contributed by atoms with E-state index in [2.05, 4.69) is 36.8 Å². The predicted octanol–water partition coefficient (Wildman–Crippen LogP) is 3.13. The highest BCUT2D eigenvalue weighted by Gasteiger charge is 2.02. The van der Waals surface area contributed by atoms with E-state index in [1.807, 2.05) is 6.08 Å². The molecule has 0 bridgehead atoms. The Bertz CT molecular complexity index is 392. The van der Waals surface area contributed by atoms with Crippen LogP contribution >= 0.6 is 0 Å². The van der Waals surface area contributed by atoms with Gasteiger partial charge < -0.3 is 4.74 Å². The van der Waals surface area contributed by atoms with Gasteiger partial charge in [0.25, 0.3) is 0 Å². The largest absolute Gasteiger partial charge is 0.466 e. The molecular weight excluding hydrogens is 200 g/mol. The monoisotopic (exact) mass is 218 g/mol. The molecule has 86 valence electrons. The van der Waals surface area contributed by atoms with E-state index in [1.165, 1.54) is 24.3 Å². The average Bonchev–Trinajstić information content (AvgIpc) is 2.28. The summed E-state index contributed by atoms with van der Waals surface area (Å²) in [4.78, 5) is 11.1. The van der Waals surface area contributed by atoms with Crippen molar-refractivity contribution in [3.63, 3.8) is 0 Å². The first kappa shape index (κ1) is 12.5. The van der Waals surface area contributed by atoms with Gasteiger partial charge in [0, 0.05) is 6.08 Å². The van der Waals surface area contributed by atoms with Crippen LogP contribution in [0.15, 0.2) is 24.3 Å². The van der Waals surface area contributed by atoms with E-state index in [-0.39, 0.29) is 5.97 Å². The van der Waals surface area contributed by atoms with Crippen LogP contribution in [0, 0.1) is 6.92 Å². The van der Waals surface area contributed by atoms with Crippen molar-refractivity contribution < 1.29 is 9.53 Å². The van der Waals surface area contributed by atoms with Crippen molar-refractivity contribution >= 4 is 12.0 Å². The number of carbonyl (C=O) groups is 1. The molecule has 0 amide bonds. The average molecular weight is 218 g/mol. The SMILES string of the molecule is CCCc1cccc(C)c1/C=C/C(=O)OC. The van der Waals surface area contributed by atoms with Crippen LogP contribution in [0.3, 0.4) is 0 Å². The number of hydrogen-bond donors (Lipinski definition) is 0. The molecule has 0 N–H and O–H groups in total. The molecule has 0 fully saturated rings. The molecule has 0 saturated carbocycles. The highest BCUT2D eigenvalue weighted by Crippen LogP contribution is 2.17. The second-order valence-electron chi connectivity index (χ2n) is 3.75. The fraction of sp³-hybridized carbons (Fsp3) is 0.357. The maximum Gasteiger partial charge on any atom is 0.330 e. The Hall–Kier alpha value is -1.57. The lowest BCUT2D eigenvalue weighted by atomic mass is 9.98. The molecule has 0 unspecified atom stereocenters. The molecule has 2 heteroatoms. The zero-order chi connectivity index (χ0) is 12.0. The van der Waals surface area contributed by atoms with E-state index < -0.39 is 0 Å². The highest BCUT2D eigenvalue weighted by atomic mass is 16.5. The summed E-state index contributed by atoms with van der Waals surface area (Å²) in [6.45, 7) is 4.20. The van der Waals surface area contributed by atoms with Gasteiger partial charge in [-0.1, -0.05) is 31.5 Å². The molecule has 0 aromatic heterocycles. The van der Waals surface area contributed by atoms with Crippen LogP contribution < -0.4 is 0 Å². The van der Waals surface area contributed by atoms with Gasteiger partial charge in [0.15, 0.2) is 0 Å². The number of aryl methyl sites for hydroxylation is 2. The Balaban J connectivity index is 3.00. The van der Waals surface area contributed by atoms with E-state index in [4.69, 9.17) is 0 Å². The minimum atomic E-state index is -0.314. The minimum absolute atomic E-state index is 0.314. The summed E-state index contributed by atoms with van der Waals surface area (Å²) in [5.74, 6) is -0.314. The Morgan fingerprint density at radius 3 is 2.81 bits per heavy atom. The molecule has 0 aliphatic rings. The van der Waals surface area contributed by atoms with Gasteiger partial charge in [-0.15, -0.1) is 0 Å². The van der Waals surface area contributed by atoms with Crippen LogP contribution in [0.5, 0.6) is 0 Å². The molecule has 0 radical (unpaired) electrons. The smallest absolute Gasteiger partial charge is 0.330 e. The molecule has 0 aliphatic carbocycles. The molecule has 0 atom stereocenters. The van der Waals surface area contributed by atoms with E-state index in [9.17, 15) is 4.79 Å². The zero-order valence-corrected chi connectivity index (χ0v) is 10.1. The summed E-state index contributed by atoms with van der Waals surface area (Å²) in [6, 6.07) is 6.21. The van der Waals surface area contributed by atoms with E-state index in [1.54, 1.807) is 0 Å². The molecule has 2 nitrogen and oxygen atoms in total. The topological polar surface area (TPSA) is 26.3 Å². The third-order valence-corrected chi connectivity index (χ3v) is 2.52. The van der Waals surface area contributed by atoms with Crippen LogP contribution in [0.25, 0.3) is 6.08 Å². The number of benzene rings is 1. The van der Waals surface area contributed by atoms with Crippen LogP contribution in [0.2, 0.25) is 0 Å². The molecule has 1 rings (SSSR count). The van der Waals surface area contributed by atoms with E-state index in [0.717, 1.165) is 18.4 Å². The maximum absolute atomic E-state index is 11.1. The third-order valence-electron chi connectivity index (χ3n) is 2.52. The Kier molecular flexibility index (Phi) is 4.77. The van der Waals surface area contributed by atoms with Crippen molar-refractivity contribution in [1.82, 2.24) is 0 Å². The first-order valence-corrected chi connectivity index (χ1v) is 5.53. The molecule has 0 aliphatic heterocycles. The number of carbonyl (C=O) groups excluding carboxylic acids is 1. The number of rotatable bonds is 4. The van der Waals surface area contributed by atoms with Gasteiger partial charge >= 0.3 is 5.97 Å². The lowest BCUT2D eigenvalue weighted by Gasteiger charge is -2.07. The molecule has 1 aromatic carbocycles. The summed E-state index contributed by atoms with van der Waals surface area (Å²) in [6.07, 6.45) is 5.44. The van der Waals surface area contributed by atoms with Crippen molar-refractivity contribution in [3.05, 3.63) is 41.0 Å². The van der Waals surface area contributed by atoms with E-state index >= 15 is 0 Å². The fourth-order valence-electron chi connectivity index (χ4n) is 1.69. The lowest BCUT2D eigenvalue weighted by molar-refractivity contribution is -0.134. The summed E-state index contributed by atoms with van der Waals surface area (Å²) in [5, 5.41) is 0. The number of esters is 1. The first-order valence-electron chi connectivity index (χ1n) is 5.53. The van der Waals surface area contributed by atoms with Gasteiger partial charge in [0.1, 0.15) is 0 Å². The normalized spacial score (nSPS) is 10.7. The number of methoxy groups -OCH3 is 1. The van der Waals surface area contributed by atoms with Crippen molar-refractivity contribution in [2.45, 2.75) is 26.7 Å². The summed E-state index contributed by atoms with van der Waals surface area (Å²) >= 11 is 0. The summed E-state index contributed by atoms with van der Waals surface area (Å²) < 4.78 is 4.59. The van der Waals surface area contributed by atoms with Gasteiger partial charge in [0.05, 0.1) is 7.11 Å². The van der Waals surface area contributed by atoms with Gasteiger partial charge in [-0.05, 0) is 36.1 Å². The molecule has 16 heavy (non-hydrogen) atoms. The van der Waals surface area contributed by atoms with Crippen molar-refractivity contribution in [3.8, 4) is 0 Å². The lowest BCUT2D eigenvalue weighted by Crippen LogP contribution is -1.96. The first-order chi connectivity index (χ1) is 7.69. The molecule has 0 saturated heterocycles. The maximum atomic E-state index is 11.1. The standard InChI is InChI=1S/C14H18O2/c1-4-6-12-8-5-7-11(2)13(12)9-10-14(15)16-3/h5,7-10H,4,6H2,1-3H3/b10-9+. The van der Waals surface area contributed by atoms with Crippen LogP contribution in [-0.4, -0.2) is 13.1 Å². The molecular formula is C14H18O2. The van der Waals surface area contributed by atoms with Crippen LogP contribution in [0.4, 0.5) is 0 Å². The van der Waals surface area contributed by atoms with Crippen molar-refractivity contribution in [2.24, 2.45) is 0 Å². The Morgan fingerprint density at radius 2 is 2.19 bits per heavy atom. The summed E-state index contributed by atoms with van der Waals surface area (Å²) in [7, 11) is 1.39. The van der Waals surface area contributed by atoms with Crippen LogP contribution in [-0.2, 0) is 16.0 Å². The van der Waals surface area contributed by atoms with Gasteiger partial charge in [0.2, 0.25) is 0 Å². The van der Waals surface area contributed by atoms with E-state index in [0.29, 0.717) is 0 Å². The fourth-order valence-corrected chi connectivity index (χ4v) is 1.69. The molecule has 1 aromatic rings. The highest BCUT2D eigenvalue weighted by molar-refractivity contribution is 5.87. The number of hydrogen-bond acceptors (Lipinski definition) is 2. The van der Waals surface area contributed by atoms with Crippen molar-refractivity contribution in [1.29, 1.82) is 0 Å². The zero-order valence-electron chi connectivity index (χ0n) is 10.1. The Morgan fingerprint density at radius 1 is 1.44 bits per heavy atom. The summed E-state index contributed by atoms with van der Waals surface area (Å²) in [5.41, 5.74) is 3.60. The van der Waals surface area contributed by atoms with Gasteiger partial charge in [-0.2, -0.15) is 0 Å². The predicted molar refractivity (Wildman–Crippen MR) is 66.2 cm³/mol. The quantitative estimate of drug-likeness (QED) is 0.573. The van der Waals surface area contributed by atoms with Crippen molar-refractivity contribution in [2.75, 3.05) is 7.11 Å². The van der Waals surface area contributed by atoms with Gasteiger partial charge in [-0.3, -0.25) is 0 Å². The second-order valence-corrected chi connectivity index (χ2v) is 3.75.